The Kier molecular flexibility index (Phi) is 4.65. The van der Waals surface area contributed by atoms with Crippen LogP contribution in [0.25, 0.3) is 0 Å². The summed E-state index contributed by atoms with van der Waals surface area (Å²) in [6.45, 7) is 2.03. The average molecular weight is 290 g/mol. The molecule has 2 aromatic carbocycles. The molecule has 110 valence electrons. The number of aryl methyl sites for hydroxylation is 1. The Bertz CT molecular complexity index is 654. The predicted octanol–water partition coefficient (Wildman–Crippen LogP) is 3.03. The molecule has 3 nitrogen and oxygen atoms in total. The summed E-state index contributed by atoms with van der Waals surface area (Å²) in [6, 6.07) is 9.04. The maximum Gasteiger partial charge on any atom is 0.258 e. The van der Waals surface area contributed by atoms with Gasteiger partial charge in [-0.15, -0.1) is 0 Å². The largest absolute Gasteiger partial charge is 0.330 e. The second-order valence-corrected chi connectivity index (χ2v) is 4.77. The molecular formula is C16H16F2N2O. The number of nitrogens with two attached hydrogens (primary N) is 1. The molecule has 2 rings (SSSR count). The summed E-state index contributed by atoms with van der Waals surface area (Å²) in [7, 11) is 0. The van der Waals surface area contributed by atoms with Crippen molar-refractivity contribution < 1.29 is 13.6 Å². The highest BCUT2D eigenvalue weighted by molar-refractivity contribution is 6.04. The van der Waals surface area contributed by atoms with Crippen LogP contribution in [0.3, 0.4) is 0 Å². The van der Waals surface area contributed by atoms with Gasteiger partial charge in [0.1, 0.15) is 11.6 Å². The summed E-state index contributed by atoms with van der Waals surface area (Å²) in [4.78, 5) is 12.0. The van der Waals surface area contributed by atoms with E-state index in [1.54, 1.807) is 12.1 Å². The van der Waals surface area contributed by atoms with Gasteiger partial charge in [0, 0.05) is 11.8 Å². The van der Waals surface area contributed by atoms with E-state index >= 15 is 0 Å². The quantitative estimate of drug-likeness (QED) is 0.909. The van der Waals surface area contributed by atoms with Crippen molar-refractivity contribution in [2.75, 3.05) is 11.9 Å². The third kappa shape index (κ3) is 3.64. The lowest BCUT2D eigenvalue weighted by molar-refractivity contribution is 0.102. The predicted molar refractivity (Wildman–Crippen MR) is 78.2 cm³/mol. The minimum atomic E-state index is -0.879. The van der Waals surface area contributed by atoms with Crippen molar-refractivity contribution in [3.05, 3.63) is 64.7 Å². The van der Waals surface area contributed by atoms with E-state index in [-0.39, 0.29) is 11.1 Å². The van der Waals surface area contributed by atoms with Crippen LogP contribution >= 0.6 is 0 Å². The lowest BCUT2D eigenvalue weighted by Crippen LogP contribution is -2.14. The monoisotopic (exact) mass is 290 g/mol. The Hall–Kier alpha value is -2.27. The molecular weight excluding hydrogens is 274 g/mol. The number of benzene rings is 2. The Morgan fingerprint density at radius 2 is 1.81 bits per heavy atom. The van der Waals surface area contributed by atoms with Crippen LogP contribution in [-0.2, 0) is 6.42 Å². The van der Waals surface area contributed by atoms with E-state index in [1.807, 2.05) is 12.1 Å². The van der Waals surface area contributed by atoms with E-state index in [0.717, 1.165) is 12.0 Å². The van der Waals surface area contributed by atoms with Crippen molar-refractivity contribution in [3.63, 3.8) is 0 Å². The first-order chi connectivity index (χ1) is 10.0. The number of hydrogen-bond donors (Lipinski definition) is 2. The maximum absolute atomic E-state index is 13.6. The summed E-state index contributed by atoms with van der Waals surface area (Å²) in [5, 5.41) is 2.58. The molecule has 0 fully saturated rings. The zero-order chi connectivity index (χ0) is 15.4. The van der Waals surface area contributed by atoms with Gasteiger partial charge in [0.05, 0.1) is 5.56 Å². The molecule has 0 saturated heterocycles. The number of anilines is 1. The Balaban J connectivity index is 2.16. The third-order valence-electron chi connectivity index (χ3n) is 3.14. The highest BCUT2D eigenvalue weighted by atomic mass is 19.1. The normalized spacial score (nSPS) is 10.5. The molecule has 5 heteroatoms. The van der Waals surface area contributed by atoms with Crippen LogP contribution in [-0.4, -0.2) is 12.5 Å². The fraction of sp³-hybridized carbons (Fsp3) is 0.188. The lowest BCUT2D eigenvalue weighted by Gasteiger charge is -2.08. The van der Waals surface area contributed by atoms with Crippen LogP contribution in [0.1, 0.15) is 21.5 Å². The first-order valence-electron chi connectivity index (χ1n) is 6.57. The Morgan fingerprint density at radius 3 is 2.43 bits per heavy atom. The maximum atomic E-state index is 13.6. The number of halogens is 2. The molecule has 0 radical (unpaired) electrons. The van der Waals surface area contributed by atoms with E-state index < -0.39 is 17.5 Å². The standard InChI is InChI=1S/C16H16F2N2O/c1-10-8-13(15(18)9-14(10)17)16(21)20-12-4-2-11(3-5-12)6-7-19/h2-5,8-9H,6-7,19H2,1H3,(H,20,21). The SMILES string of the molecule is Cc1cc(C(=O)Nc2ccc(CCN)cc2)c(F)cc1F. The van der Waals surface area contributed by atoms with Crippen molar-refractivity contribution in [3.8, 4) is 0 Å². The lowest BCUT2D eigenvalue weighted by atomic mass is 10.1. The molecule has 0 bridgehead atoms. The molecule has 0 aliphatic heterocycles. The molecule has 0 aliphatic rings. The molecule has 0 saturated carbocycles. The summed E-state index contributed by atoms with van der Waals surface area (Å²) < 4.78 is 26.8. The number of amides is 1. The second kappa shape index (κ2) is 6.45. The Labute approximate surface area is 121 Å². The second-order valence-electron chi connectivity index (χ2n) is 4.77. The molecule has 0 unspecified atom stereocenters. The van der Waals surface area contributed by atoms with Crippen molar-refractivity contribution in [2.45, 2.75) is 13.3 Å². The number of nitrogens with one attached hydrogen (secondary N) is 1. The number of rotatable bonds is 4. The molecule has 1 amide bonds. The van der Waals surface area contributed by atoms with Crippen molar-refractivity contribution in [1.29, 1.82) is 0 Å². The minimum absolute atomic E-state index is 0.181. The number of hydrogen-bond acceptors (Lipinski definition) is 2. The molecule has 2 aromatic rings. The van der Waals surface area contributed by atoms with Gasteiger partial charge in [0.25, 0.3) is 5.91 Å². The highest BCUT2D eigenvalue weighted by Crippen LogP contribution is 2.17. The first-order valence-corrected chi connectivity index (χ1v) is 6.57. The van der Waals surface area contributed by atoms with Gasteiger partial charge in [-0.3, -0.25) is 4.79 Å². The van der Waals surface area contributed by atoms with Crippen LogP contribution < -0.4 is 11.1 Å². The van der Waals surface area contributed by atoms with E-state index in [0.29, 0.717) is 18.3 Å². The summed E-state index contributed by atoms with van der Waals surface area (Å²) >= 11 is 0. The smallest absolute Gasteiger partial charge is 0.258 e. The van der Waals surface area contributed by atoms with Gasteiger partial charge in [-0.2, -0.15) is 0 Å². The van der Waals surface area contributed by atoms with Crippen molar-refractivity contribution >= 4 is 11.6 Å². The number of carbonyl (C=O) groups is 1. The van der Waals surface area contributed by atoms with Gasteiger partial charge >= 0.3 is 0 Å². The summed E-state index contributed by atoms with van der Waals surface area (Å²) in [5.41, 5.74) is 7.10. The first kappa shape index (κ1) is 15.1. The van der Waals surface area contributed by atoms with Crippen molar-refractivity contribution in [1.82, 2.24) is 0 Å². The summed E-state index contributed by atoms with van der Waals surface area (Å²) in [6.07, 6.45) is 0.750. The topological polar surface area (TPSA) is 55.1 Å². The molecule has 0 aliphatic carbocycles. The molecule has 0 heterocycles. The van der Waals surface area contributed by atoms with Crippen LogP contribution in [0.5, 0.6) is 0 Å². The molecule has 21 heavy (non-hydrogen) atoms. The van der Waals surface area contributed by atoms with Crippen LogP contribution in [0.15, 0.2) is 36.4 Å². The van der Waals surface area contributed by atoms with Crippen LogP contribution in [0.4, 0.5) is 14.5 Å². The zero-order valence-electron chi connectivity index (χ0n) is 11.6. The van der Waals surface area contributed by atoms with E-state index in [1.165, 1.54) is 13.0 Å². The van der Waals surface area contributed by atoms with Gasteiger partial charge in [0.2, 0.25) is 0 Å². The zero-order valence-corrected chi connectivity index (χ0v) is 11.6. The highest BCUT2D eigenvalue weighted by Gasteiger charge is 2.14. The third-order valence-corrected chi connectivity index (χ3v) is 3.14. The molecule has 3 N–H and O–H groups in total. The van der Waals surface area contributed by atoms with Gasteiger partial charge in [0.15, 0.2) is 0 Å². The summed E-state index contributed by atoms with van der Waals surface area (Å²) in [5.74, 6) is -2.16. The van der Waals surface area contributed by atoms with E-state index in [9.17, 15) is 13.6 Å². The van der Waals surface area contributed by atoms with Gasteiger partial charge < -0.3 is 11.1 Å². The number of carbonyl (C=O) groups excluding carboxylic acids is 1. The van der Waals surface area contributed by atoms with Crippen LogP contribution in [0.2, 0.25) is 0 Å². The van der Waals surface area contributed by atoms with E-state index in [2.05, 4.69) is 5.32 Å². The van der Waals surface area contributed by atoms with Gasteiger partial charge in [-0.05, 0) is 49.2 Å². The van der Waals surface area contributed by atoms with E-state index in [4.69, 9.17) is 5.73 Å². The fourth-order valence-corrected chi connectivity index (χ4v) is 1.95. The fourth-order valence-electron chi connectivity index (χ4n) is 1.95. The van der Waals surface area contributed by atoms with Crippen molar-refractivity contribution in [2.24, 2.45) is 5.73 Å². The average Bonchev–Trinajstić information content (AvgIpc) is 2.45. The molecule has 0 spiro atoms. The Morgan fingerprint density at radius 1 is 1.14 bits per heavy atom. The van der Waals surface area contributed by atoms with Crippen LogP contribution in [0, 0.1) is 18.6 Å². The van der Waals surface area contributed by atoms with Gasteiger partial charge in [-0.25, -0.2) is 8.78 Å². The minimum Gasteiger partial charge on any atom is -0.330 e. The molecule has 0 atom stereocenters. The molecule has 0 aromatic heterocycles. The van der Waals surface area contributed by atoms with Gasteiger partial charge in [-0.1, -0.05) is 12.1 Å².